The highest BCUT2D eigenvalue weighted by Gasteiger charge is 2.31. The van der Waals surface area contributed by atoms with E-state index in [-0.39, 0.29) is 5.54 Å². The zero-order valence-corrected chi connectivity index (χ0v) is 12.8. The van der Waals surface area contributed by atoms with E-state index in [1.807, 2.05) is 0 Å². The highest BCUT2D eigenvalue weighted by Crippen LogP contribution is 2.26. The molecule has 110 valence electrons. The summed E-state index contributed by atoms with van der Waals surface area (Å²) >= 11 is 0. The minimum atomic E-state index is 0.0193. The van der Waals surface area contributed by atoms with Crippen LogP contribution in [0.1, 0.15) is 37.9 Å². The number of hydrogen-bond donors (Lipinski definition) is 1. The topological polar surface area (TPSA) is 37.4 Å². The molecule has 2 heterocycles. The molecule has 3 rings (SSSR count). The van der Waals surface area contributed by atoms with E-state index in [1.54, 1.807) is 0 Å². The monoisotopic (exact) mass is 275 g/mol. The predicted molar refractivity (Wildman–Crippen MR) is 81.1 cm³/mol. The summed E-state index contributed by atoms with van der Waals surface area (Å²) < 4.78 is 5.58. The summed E-state index contributed by atoms with van der Waals surface area (Å²) in [5.74, 6) is 1.07. The number of aromatic nitrogens is 1. The first-order valence-corrected chi connectivity index (χ1v) is 7.61. The average Bonchev–Trinajstić information content (AvgIpc) is 3.21. The van der Waals surface area contributed by atoms with Gasteiger partial charge in [-0.1, -0.05) is 6.07 Å². The van der Waals surface area contributed by atoms with Crippen molar-refractivity contribution in [2.45, 2.75) is 51.7 Å². The van der Waals surface area contributed by atoms with Crippen LogP contribution < -0.4 is 10.2 Å². The minimum Gasteiger partial charge on any atom is -0.377 e. The molecule has 4 heteroatoms. The number of hydrogen-bond acceptors (Lipinski definition) is 4. The summed E-state index contributed by atoms with van der Waals surface area (Å²) in [5, 5.41) is 3.56. The van der Waals surface area contributed by atoms with Gasteiger partial charge in [-0.05, 0) is 45.2 Å². The van der Waals surface area contributed by atoms with Crippen LogP contribution in [0, 0.1) is 6.92 Å². The third-order valence-electron chi connectivity index (χ3n) is 4.26. The second-order valence-corrected chi connectivity index (χ2v) is 6.59. The van der Waals surface area contributed by atoms with Gasteiger partial charge in [0.25, 0.3) is 0 Å². The van der Waals surface area contributed by atoms with Crippen molar-refractivity contribution in [2.24, 2.45) is 0 Å². The molecule has 1 saturated carbocycles. The van der Waals surface area contributed by atoms with Crippen LogP contribution in [-0.4, -0.2) is 36.3 Å². The fourth-order valence-electron chi connectivity index (χ4n) is 2.74. The lowest BCUT2D eigenvalue weighted by Crippen LogP contribution is -2.53. The van der Waals surface area contributed by atoms with Crippen LogP contribution >= 0.6 is 0 Å². The summed E-state index contributed by atoms with van der Waals surface area (Å²) in [5.41, 5.74) is 2.47. The SMILES string of the molecule is Cc1nc(N2CCOCC2(C)C)ccc1CNC1CC1. The van der Waals surface area contributed by atoms with Crippen molar-refractivity contribution in [1.29, 1.82) is 0 Å². The van der Waals surface area contributed by atoms with E-state index in [4.69, 9.17) is 9.72 Å². The van der Waals surface area contributed by atoms with Gasteiger partial charge >= 0.3 is 0 Å². The molecule has 0 atom stereocenters. The maximum absolute atomic E-state index is 5.58. The molecule has 1 aliphatic heterocycles. The van der Waals surface area contributed by atoms with Crippen LogP contribution in [0.25, 0.3) is 0 Å². The maximum Gasteiger partial charge on any atom is 0.129 e. The molecule has 0 aromatic carbocycles. The fourth-order valence-corrected chi connectivity index (χ4v) is 2.74. The zero-order valence-electron chi connectivity index (χ0n) is 12.8. The van der Waals surface area contributed by atoms with Gasteiger partial charge in [-0.25, -0.2) is 4.98 Å². The van der Waals surface area contributed by atoms with Gasteiger partial charge in [0.05, 0.1) is 18.8 Å². The first-order valence-electron chi connectivity index (χ1n) is 7.61. The molecule has 4 nitrogen and oxygen atoms in total. The van der Waals surface area contributed by atoms with Crippen LogP contribution in [0.15, 0.2) is 12.1 Å². The van der Waals surface area contributed by atoms with Crippen molar-refractivity contribution in [3.8, 4) is 0 Å². The van der Waals surface area contributed by atoms with Gasteiger partial charge in [-0.2, -0.15) is 0 Å². The molecule has 1 N–H and O–H groups in total. The normalized spacial score (nSPS) is 22.1. The number of pyridine rings is 1. The van der Waals surface area contributed by atoms with Crippen molar-refractivity contribution in [2.75, 3.05) is 24.7 Å². The highest BCUT2D eigenvalue weighted by molar-refractivity contribution is 5.45. The van der Waals surface area contributed by atoms with Gasteiger partial charge in [-0.15, -0.1) is 0 Å². The Hall–Kier alpha value is -1.13. The van der Waals surface area contributed by atoms with Gasteiger partial charge in [-0.3, -0.25) is 0 Å². The average molecular weight is 275 g/mol. The maximum atomic E-state index is 5.58. The van der Waals surface area contributed by atoms with Crippen LogP contribution in [-0.2, 0) is 11.3 Å². The fraction of sp³-hybridized carbons (Fsp3) is 0.688. The lowest BCUT2D eigenvalue weighted by atomic mass is 10.0. The van der Waals surface area contributed by atoms with Crippen molar-refractivity contribution >= 4 is 5.82 Å². The van der Waals surface area contributed by atoms with Gasteiger partial charge in [0.2, 0.25) is 0 Å². The summed E-state index contributed by atoms with van der Waals surface area (Å²) in [7, 11) is 0. The number of aryl methyl sites for hydroxylation is 1. The van der Waals surface area contributed by atoms with Gasteiger partial charge in [0.1, 0.15) is 5.82 Å². The number of rotatable bonds is 4. The number of nitrogens with one attached hydrogen (secondary N) is 1. The quantitative estimate of drug-likeness (QED) is 0.914. The molecule has 20 heavy (non-hydrogen) atoms. The molecular weight excluding hydrogens is 250 g/mol. The van der Waals surface area contributed by atoms with E-state index in [9.17, 15) is 0 Å². The Morgan fingerprint density at radius 1 is 1.40 bits per heavy atom. The van der Waals surface area contributed by atoms with Crippen molar-refractivity contribution in [1.82, 2.24) is 10.3 Å². The Balaban J connectivity index is 1.74. The molecule has 0 spiro atoms. The largest absolute Gasteiger partial charge is 0.377 e. The molecule has 0 bridgehead atoms. The van der Waals surface area contributed by atoms with Gasteiger partial charge < -0.3 is 15.0 Å². The van der Waals surface area contributed by atoms with E-state index in [1.165, 1.54) is 18.4 Å². The molecule has 2 aliphatic rings. The van der Waals surface area contributed by atoms with E-state index in [0.29, 0.717) is 0 Å². The van der Waals surface area contributed by atoms with Crippen LogP contribution in [0.3, 0.4) is 0 Å². The minimum absolute atomic E-state index is 0.0193. The lowest BCUT2D eigenvalue weighted by molar-refractivity contribution is 0.0639. The van der Waals surface area contributed by atoms with E-state index < -0.39 is 0 Å². The Bertz CT molecular complexity index is 483. The number of anilines is 1. The smallest absolute Gasteiger partial charge is 0.129 e. The lowest BCUT2D eigenvalue weighted by Gasteiger charge is -2.43. The molecule has 0 amide bonds. The molecule has 0 radical (unpaired) electrons. The van der Waals surface area contributed by atoms with Crippen LogP contribution in [0.2, 0.25) is 0 Å². The Labute approximate surface area is 121 Å². The van der Waals surface area contributed by atoms with Crippen molar-refractivity contribution in [3.63, 3.8) is 0 Å². The molecule has 1 aromatic rings. The number of nitrogens with zero attached hydrogens (tertiary/aromatic N) is 2. The standard InChI is InChI=1S/C16H25N3O/c1-12-13(10-17-14-5-6-14)4-7-15(18-12)19-8-9-20-11-16(19,2)3/h4,7,14,17H,5-6,8-11H2,1-3H3. The van der Waals surface area contributed by atoms with Crippen LogP contribution in [0.4, 0.5) is 5.82 Å². The molecule has 1 aliphatic carbocycles. The number of ether oxygens (including phenoxy) is 1. The Kier molecular flexibility index (Phi) is 3.69. The first kappa shape index (κ1) is 13.8. The number of morpholine rings is 1. The zero-order chi connectivity index (χ0) is 14.2. The Morgan fingerprint density at radius 2 is 2.20 bits per heavy atom. The highest BCUT2D eigenvalue weighted by atomic mass is 16.5. The second-order valence-electron chi connectivity index (χ2n) is 6.59. The molecule has 0 unspecified atom stereocenters. The van der Waals surface area contributed by atoms with Gasteiger partial charge in [0.15, 0.2) is 0 Å². The van der Waals surface area contributed by atoms with Crippen LogP contribution in [0.5, 0.6) is 0 Å². The summed E-state index contributed by atoms with van der Waals surface area (Å²) in [6.45, 7) is 9.95. The molecule has 1 saturated heterocycles. The third kappa shape index (κ3) is 2.96. The second kappa shape index (κ2) is 5.34. The van der Waals surface area contributed by atoms with E-state index in [0.717, 1.165) is 43.9 Å². The summed E-state index contributed by atoms with van der Waals surface area (Å²) in [6, 6.07) is 5.12. The molecule has 1 aromatic heterocycles. The van der Waals surface area contributed by atoms with Crippen molar-refractivity contribution < 1.29 is 4.74 Å². The predicted octanol–water partition coefficient (Wildman–Crippen LogP) is 2.26. The van der Waals surface area contributed by atoms with Crippen molar-refractivity contribution in [3.05, 3.63) is 23.4 Å². The van der Waals surface area contributed by atoms with Gasteiger partial charge in [0, 0.05) is 24.8 Å². The first-order chi connectivity index (χ1) is 9.56. The molecule has 2 fully saturated rings. The summed E-state index contributed by atoms with van der Waals surface area (Å²) in [6.07, 6.45) is 2.65. The summed E-state index contributed by atoms with van der Waals surface area (Å²) in [4.78, 5) is 7.18. The van der Waals surface area contributed by atoms with E-state index >= 15 is 0 Å². The Morgan fingerprint density at radius 3 is 2.85 bits per heavy atom. The third-order valence-corrected chi connectivity index (χ3v) is 4.26. The van der Waals surface area contributed by atoms with E-state index in [2.05, 4.69) is 43.1 Å². The molecular formula is C16H25N3O.